The van der Waals surface area contributed by atoms with Gasteiger partial charge in [-0.3, -0.25) is 4.68 Å². The Balaban J connectivity index is 2.33. The van der Waals surface area contributed by atoms with Crippen molar-refractivity contribution < 1.29 is 14.6 Å². The van der Waals surface area contributed by atoms with E-state index in [2.05, 4.69) is 5.10 Å². The summed E-state index contributed by atoms with van der Waals surface area (Å²) in [5.74, 6) is -0.219. The van der Waals surface area contributed by atoms with E-state index >= 15 is 0 Å². The van der Waals surface area contributed by atoms with Gasteiger partial charge >= 0.3 is 5.97 Å². The Bertz CT molecular complexity index is 600. The highest BCUT2D eigenvalue weighted by Crippen LogP contribution is 2.24. The summed E-state index contributed by atoms with van der Waals surface area (Å²) < 4.78 is 7.27. The molecule has 20 heavy (non-hydrogen) atoms. The molecule has 0 aliphatic carbocycles. The van der Waals surface area contributed by atoms with Gasteiger partial charge in [0.15, 0.2) is 5.69 Å². The summed E-state index contributed by atoms with van der Waals surface area (Å²) in [7, 11) is 0. The third-order valence-electron chi connectivity index (χ3n) is 2.82. The van der Waals surface area contributed by atoms with Crippen LogP contribution in [-0.4, -0.2) is 27.0 Å². The predicted octanol–water partition coefficient (Wildman–Crippen LogP) is 3.06. The molecular weight excluding hydrogens is 256 g/mol. The fraction of sp³-hybridized carbons (Fsp3) is 0.333. The van der Waals surface area contributed by atoms with E-state index in [1.807, 2.05) is 45.0 Å². The van der Waals surface area contributed by atoms with E-state index in [1.54, 1.807) is 10.7 Å². The molecule has 0 aliphatic heterocycles. The maximum atomic E-state index is 11.0. The first-order valence-electron chi connectivity index (χ1n) is 6.59. The summed E-state index contributed by atoms with van der Waals surface area (Å²) in [5.41, 5.74) is 1.77. The standard InChI is InChI=1S/C15H18N2O3/c1-4-17-14(9-13(16-17)15(18)19)11-5-7-12(8-6-11)20-10(2)3/h5-10H,4H2,1-3H3,(H,18,19). The van der Waals surface area contributed by atoms with Crippen molar-refractivity contribution in [2.24, 2.45) is 0 Å². The molecule has 2 aromatic rings. The Labute approximate surface area is 117 Å². The van der Waals surface area contributed by atoms with Crippen molar-refractivity contribution in [1.29, 1.82) is 0 Å². The number of aromatic carboxylic acids is 1. The van der Waals surface area contributed by atoms with Crippen molar-refractivity contribution in [3.05, 3.63) is 36.0 Å². The van der Waals surface area contributed by atoms with Crippen LogP contribution in [0.25, 0.3) is 11.3 Å². The third kappa shape index (κ3) is 2.99. The Hall–Kier alpha value is -2.30. The second-order valence-corrected chi connectivity index (χ2v) is 4.73. The van der Waals surface area contributed by atoms with Crippen molar-refractivity contribution >= 4 is 5.97 Å². The summed E-state index contributed by atoms with van der Waals surface area (Å²) in [6.45, 7) is 6.49. The minimum absolute atomic E-state index is 0.0596. The lowest BCUT2D eigenvalue weighted by Gasteiger charge is -2.10. The molecule has 1 heterocycles. The SMILES string of the molecule is CCn1nc(C(=O)O)cc1-c1ccc(OC(C)C)cc1. The van der Waals surface area contributed by atoms with Crippen LogP contribution in [0.5, 0.6) is 5.75 Å². The van der Waals surface area contributed by atoms with Crippen molar-refractivity contribution in [2.75, 3.05) is 0 Å². The smallest absolute Gasteiger partial charge is 0.356 e. The number of hydrogen-bond acceptors (Lipinski definition) is 3. The maximum Gasteiger partial charge on any atom is 0.356 e. The van der Waals surface area contributed by atoms with Gasteiger partial charge in [-0.25, -0.2) is 4.79 Å². The van der Waals surface area contributed by atoms with Gasteiger partial charge in [-0.05, 0) is 51.1 Å². The molecule has 1 aromatic carbocycles. The lowest BCUT2D eigenvalue weighted by atomic mass is 10.1. The van der Waals surface area contributed by atoms with Crippen LogP contribution in [0.2, 0.25) is 0 Å². The molecule has 106 valence electrons. The van der Waals surface area contributed by atoms with E-state index in [1.165, 1.54) is 0 Å². The van der Waals surface area contributed by atoms with E-state index in [4.69, 9.17) is 9.84 Å². The van der Waals surface area contributed by atoms with E-state index in [0.717, 1.165) is 17.0 Å². The first kappa shape index (κ1) is 14.1. The number of rotatable bonds is 5. The second-order valence-electron chi connectivity index (χ2n) is 4.73. The van der Waals surface area contributed by atoms with Crippen molar-refractivity contribution in [2.45, 2.75) is 33.4 Å². The highest BCUT2D eigenvalue weighted by molar-refractivity contribution is 5.87. The van der Waals surface area contributed by atoms with Crippen molar-refractivity contribution in [1.82, 2.24) is 9.78 Å². The molecule has 5 heteroatoms. The monoisotopic (exact) mass is 274 g/mol. The summed E-state index contributed by atoms with van der Waals surface area (Å²) in [5, 5.41) is 13.1. The highest BCUT2D eigenvalue weighted by Gasteiger charge is 2.13. The van der Waals surface area contributed by atoms with Crippen molar-refractivity contribution in [3.63, 3.8) is 0 Å². The highest BCUT2D eigenvalue weighted by atomic mass is 16.5. The van der Waals surface area contributed by atoms with Crippen LogP contribution in [0.4, 0.5) is 0 Å². The van der Waals surface area contributed by atoms with E-state index in [-0.39, 0.29) is 11.8 Å². The maximum absolute atomic E-state index is 11.0. The van der Waals surface area contributed by atoms with Gasteiger partial charge in [-0.2, -0.15) is 5.10 Å². The molecule has 0 unspecified atom stereocenters. The van der Waals surface area contributed by atoms with Gasteiger partial charge in [-0.15, -0.1) is 0 Å². The molecule has 0 saturated heterocycles. The molecule has 0 radical (unpaired) electrons. The molecule has 0 spiro atoms. The summed E-state index contributed by atoms with van der Waals surface area (Å²) >= 11 is 0. The van der Waals surface area contributed by atoms with Gasteiger partial charge in [0.1, 0.15) is 5.75 Å². The molecule has 0 aliphatic rings. The molecule has 0 fully saturated rings. The average molecular weight is 274 g/mol. The Morgan fingerprint density at radius 2 is 2.00 bits per heavy atom. The minimum Gasteiger partial charge on any atom is -0.491 e. The zero-order chi connectivity index (χ0) is 14.7. The second kappa shape index (κ2) is 5.77. The molecule has 0 amide bonds. The number of hydrogen-bond donors (Lipinski definition) is 1. The number of carboxylic acid groups (broad SMARTS) is 1. The topological polar surface area (TPSA) is 64.4 Å². The zero-order valence-electron chi connectivity index (χ0n) is 11.8. The van der Waals surface area contributed by atoms with Crippen LogP contribution < -0.4 is 4.74 Å². The van der Waals surface area contributed by atoms with Gasteiger partial charge in [0, 0.05) is 12.1 Å². The van der Waals surface area contributed by atoms with Crippen molar-refractivity contribution in [3.8, 4) is 17.0 Å². The molecule has 1 aromatic heterocycles. The van der Waals surface area contributed by atoms with Gasteiger partial charge in [-0.1, -0.05) is 0 Å². The number of carboxylic acids is 1. The molecule has 5 nitrogen and oxygen atoms in total. The van der Waals surface area contributed by atoms with E-state index in [9.17, 15) is 4.79 Å². The molecule has 2 rings (SSSR count). The van der Waals surface area contributed by atoms with Gasteiger partial charge in [0.25, 0.3) is 0 Å². The summed E-state index contributed by atoms with van der Waals surface area (Å²) in [6, 6.07) is 9.16. The first-order chi connectivity index (χ1) is 9.51. The average Bonchev–Trinajstić information content (AvgIpc) is 2.83. The molecular formula is C15H18N2O3. The number of nitrogens with zero attached hydrogens (tertiary/aromatic N) is 2. The number of aryl methyl sites for hydroxylation is 1. The van der Waals surface area contributed by atoms with Gasteiger partial charge < -0.3 is 9.84 Å². The number of benzene rings is 1. The minimum atomic E-state index is -1.02. The van der Waals surface area contributed by atoms with E-state index < -0.39 is 5.97 Å². The number of aromatic nitrogens is 2. The lowest BCUT2D eigenvalue weighted by molar-refractivity contribution is 0.0689. The quantitative estimate of drug-likeness (QED) is 0.910. The summed E-state index contributed by atoms with van der Waals surface area (Å²) in [6.07, 6.45) is 0.126. The van der Waals surface area contributed by atoms with E-state index in [0.29, 0.717) is 6.54 Å². The fourth-order valence-corrected chi connectivity index (χ4v) is 1.97. The Morgan fingerprint density at radius 1 is 1.35 bits per heavy atom. The molecule has 0 saturated carbocycles. The van der Waals surface area contributed by atoms with Crippen LogP contribution >= 0.6 is 0 Å². The van der Waals surface area contributed by atoms with Crippen LogP contribution in [0, 0.1) is 0 Å². The van der Waals surface area contributed by atoms with Gasteiger partial charge in [0.2, 0.25) is 0 Å². The largest absolute Gasteiger partial charge is 0.491 e. The normalized spacial score (nSPS) is 10.8. The zero-order valence-corrected chi connectivity index (χ0v) is 11.8. The van der Waals surface area contributed by atoms with Crippen LogP contribution in [0.3, 0.4) is 0 Å². The van der Waals surface area contributed by atoms with Crippen LogP contribution in [0.1, 0.15) is 31.3 Å². The summed E-state index contributed by atoms with van der Waals surface area (Å²) in [4.78, 5) is 11.0. The molecule has 1 N–H and O–H groups in total. The third-order valence-corrected chi connectivity index (χ3v) is 2.82. The molecule has 0 atom stereocenters. The Kier molecular flexibility index (Phi) is 4.08. The number of carbonyl (C=O) groups is 1. The fourth-order valence-electron chi connectivity index (χ4n) is 1.97. The number of ether oxygens (including phenoxy) is 1. The predicted molar refractivity (Wildman–Crippen MR) is 76.1 cm³/mol. The molecule has 0 bridgehead atoms. The van der Waals surface area contributed by atoms with Crippen LogP contribution in [0.15, 0.2) is 30.3 Å². The Morgan fingerprint density at radius 3 is 2.50 bits per heavy atom. The first-order valence-corrected chi connectivity index (χ1v) is 6.59. The van der Waals surface area contributed by atoms with Crippen LogP contribution in [-0.2, 0) is 6.54 Å². The lowest BCUT2D eigenvalue weighted by Crippen LogP contribution is -2.05. The van der Waals surface area contributed by atoms with Gasteiger partial charge in [0.05, 0.1) is 11.8 Å².